The molecule has 37 heavy (non-hydrogen) atoms. The Bertz CT molecular complexity index is 574. The van der Waals surface area contributed by atoms with Crippen molar-refractivity contribution >= 4 is 34.5 Å². The molecule has 1 aliphatic heterocycles. The highest BCUT2D eigenvalue weighted by Gasteiger charge is 2.43. The molecule has 1 rings (SSSR count). The highest BCUT2D eigenvalue weighted by atomic mass is 32.1. The van der Waals surface area contributed by atoms with Crippen molar-refractivity contribution in [2.45, 2.75) is 167 Å². The predicted molar refractivity (Wildman–Crippen MR) is 161 cm³/mol. The number of hydrogen-bond donors (Lipinski definition) is 2. The molecular weight excluding hydrogens is 504 g/mol. The molecule has 0 aromatic heterocycles. The van der Waals surface area contributed by atoms with E-state index in [1.54, 1.807) is 0 Å². The summed E-state index contributed by atoms with van der Waals surface area (Å²) in [7, 11) is 0. The predicted octanol–water partition coefficient (Wildman–Crippen LogP) is 8.01. The molecule has 0 unspecified atom stereocenters. The smallest absolute Gasteiger partial charge is 0.167 e. The van der Waals surface area contributed by atoms with E-state index in [4.69, 9.17) is 38.6 Å². The van der Waals surface area contributed by atoms with Crippen molar-refractivity contribution in [1.29, 1.82) is 0 Å². The van der Waals surface area contributed by atoms with Gasteiger partial charge >= 0.3 is 0 Å². The van der Waals surface area contributed by atoms with Crippen LogP contribution in [0.2, 0.25) is 0 Å². The molecule has 218 valence electrons. The summed E-state index contributed by atoms with van der Waals surface area (Å²) in [5.41, 5.74) is 0. The Morgan fingerprint density at radius 3 is 1.51 bits per heavy atom. The molecule has 1 fully saturated rings. The first-order chi connectivity index (χ1) is 18.0. The van der Waals surface area contributed by atoms with Crippen LogP contribution in [0.3, 0.4) is 0 Å². The van der Waals surface area contributed by atoms with E-state index in [0.717, 1.165) is 32.1 Å². The zero-order valence-electron chi connectivity index (χ0n) is 23.8. The maximum Gasteiger partial charge on any atom is 0.167 e. The molecule has 2 N–H and O–H groups in total. The second-order valence-electron chi connectivity index (χ2n) is 10.7. The summed E-state index contributed by atoms with van der Waals surface area (Å²) in [4.78, 5) is 0. The monoisotopic (exact) mass is 560 g/mol. The van der Waals surface area contributed by atoms with Gasteiger partial charge in [0.15, 0.2) is 22.3 Å². The quantitative estimate of drug-likeness (QED) is 0.0969. The van der Waals surface area contributed by atoms with Gasteiger partial charge in [0.2, 0.25) is 0 Å². The molecule has 0 spiro atoms. The maximum atomic E-state index is 10.7. The lowest BCUT2D eigenvalue weighted by Gasteiger charge is -2.39. The van der Waals surface area contributed by atoms with Crippen LogP contribution >= 0.6 is 24.4 Å². The number of aliphatic hydroxyl groups is 2. The van der Waals surface area contributed by atoms with Crippen molar-refractivity contribution < 1.29 is 24.4 Å². The van der Waals surface area contributed by atoms with Crippen molar-refractivity contribution in [3.63, 3.8) is 0 Å². The molecule has 0 radical (unpaired) electrons. The third-order valence-electron chi connectivity index (χ3n) is 7.26. The fraction of sp³-hybridized carbons (Fsp3) is 0.933. The van der Waals surface area contributed by atoms with Crippen LogP contribution in [0.25, 0.3) is 0 Å². The van der Waals surface area contributed by atoms with Gasteiger partial charge in [-0.25, -0.2) is 0 Å². The summed E-state index contributed by atoms with van der Waals surface area (Å²) in [6.07, 6.45) is 21.1. The standard InChI is InChI=1S/C30H56O5S2/c1-3-5-7-9-11-13-15-17-19-21-27(36)34-26-24-33-25(23-31)29(32)30(26)35-28(37)22-20-18-16-14-12-10-8-6-4-2/h25-26,29-32H,3-24H2,1-2H3/t25-,26+,29-,30-/m1/s1. The molecule has 0 bridgehead atoms. The molecule has 5 nitrogen and oxygen atoms in total. The minimum Gasteiger partial charge on any atom is -0.477 e. The van der Waals surface area contributed by atoms with E-state index in [-0.39, 0.29) is 13.2 Å². The van der Waals surface area contributed by atoms with Gasteiger partial charge in [0.25, 0.3) is 0 Å². The minimum absolute atomic E-state index is 0.214. The number of rotatable bonds is 23. The van der Waals surface area contributed by atoms with Gasteiger partial charge in [-0.15, -0.1) is 0 Å². The fourth-order valence-corrected chi connectivity index (χ4v) is 5.37. The number of unbranched alkanes of at least 4 members (excludes halogenated alkanes) is 16. The summed E-state index contributed by atoms with van der Waals surface area (Å²) in [5.74, 6) is 0. The van der Waals surface area contributed by atoms with Gasteiger partial charge in [0, 0.05) is 12.8 Å². The molecular formula is C30H56O5S2. The van der Waals surface area contributed by atoms with E-state index in [0.29, 0.717) is 16.5 Å². The fourth-order valence-electron chi connectivity index (χ4n) is 4.85. The van der Waals surface area contributed by atoms with Gasteiger partial charge in [-0.1, -0.05) is 117 Å². The zero-order valence-corrected chi connectivity index (χ0v) is 25.4. The van der Waals surface area contributed by atoms with Crippen molar-refractivity contribution in [2.24, 2.45) is 0 Å². The number of hydrogen-bond acceptors (Lipinski definition) is 7. The van der Waals surface area contributed by atoms with Crippen LogP contribution < -0.4 is 0 Å². The van der Waals surface area contributed by atoms with Crippen LogP contribution in [0, 0.1) is 0 Å². The van der Waals surface area contributed by atoms with E-state index in [9.17, 15) is 10.2 Å². The van der Waals surface area contributed by atoms with Crippen LogP contribution in [0.5, 0.6) is 0 Å². The van der Waals surface area contributed by atoms with Gasteiger partial charge in [0.05, 0.1) is 13.2 Å². The maximum absolute atomic E-state index is 10.7. The molecule has 7 heteroatoms. The number of aliphatic hydroxyl groups excluding tert-OH is 2. The van der Waals surface area contributed by atoms with Gasteiger partial charge in [-0.05, 0) is 37.3 Å². The molecule has 1 aliphatic rings. The van der Waals surface area contributed by atoms with E-state index >= 15 is 0 Å². The van der Waals surface area contributed by atoms with E-state index in [1.807, 2.05) is 0 Å². The first kappa shape index (κ1) is 34.7. The summed E-state index contributed by atoms with van der Waals surface area (Å²) in [6, 6.07) is 0. The topological polar surface area (TPSA) is 68.2 Å². The lowest BCUT2D eigenvalue weighted by atomic mass is 10.00. The number of thiocarbonyl (C=S) groups is 2. The molecule has 0 aliphatic carbocycles. The largest absolute Gasteiger partial charge is 0.477 e. The van der Waals surface area contributed by atoms with Gasteiger partial charge < -0.3 is 24.4 Å². The van der Waals surface area contributed by atoms with Crippen LogP contribution in [0.4, 0.5) is 0 Å². The SMILES string of the molecule is CCCCCCCCCCCC(=S)O[C@H]1[C@H](O)[C@@H](CO)OC[C@@H]1OC(=S)CCCCCCCCCCC. The second kappa shape index (κ2) is 23.5. The minimum atomic E-state index is -1.01. The zero-order chi connectivity index (χ0) is 27.1. The summed E-state index contributed by atoms with van der Waals surface area (Å²) in [6.45, 7) is 4.43. The lowest BCUT2D eigenvalue weighted by Crippen LogP contribution is -2.56. The van der Waals surface area contributed by atoms with E-state index < -0.39 is 24.4 Å². The Hall–Kier alpha value is -0.340. The summed E-state index contributed by atoms with van der Waals surface area (Å²) in [5, 5.41) is 21.4. The van der Waals surface area contributed by atoms with Crippen LogP contribution in [-0.4, -0.2) is 57.9 Å². The second-order valence-corrected chi connectivity index (χ2v) is 11.6. The Labute approximate surface area is 238 Å². The third-order valence-corrected chi connectivity index (χ3v) is 7.86. The Balaban J connectivity index is 2.31. The highest BCUT2D eigenvalue weighted by molar-refractivity contribution is 7.80. The normalized spacial score (nSPS) is 21.6. The van der Waals surface area contributed by atoms with Crippen molar-refractivity contribution in [1.82, 2.24) is 0 Å². The first-order valence-corrected chi connectivity index (χ1v) is 16.1. The summed E-state index contributed by atoms with van der Waals surface area (Å²) >= 11 is 11.0. The van der Waals surface area contributed by atoms with Crippen molar-refractivity contribution in [2.75, 3.05) is 13.2 Å². The Morgan fingerprint density at radius 1 is 0.676 bits per heavy atom. The molecule has 0 aromatic carbocycles. The molecule has 4 atom stereocenters. The van der Waals surface area contributed by atoms with Crippen molar-refractivity contribution in [3.8, 4) is 0 Å². The van der Waals surface area contributed by atoms with E-state index in [1.165, 1.54) is 89.9 Å². The highest BCUT2D eigenvalue weighted by Crippen LogP contribution is 2.23. The lowest BCUT2D eigenvalue weighted by molar-refractivity contribution is -0.186. The van der Waals surface area contributed by atoms with E-state index in [2.05, 4.69) is 13.8 Å². The van der Waals surface area contributed by atoms with Crippen LogP contribution in [-0.2, 0) is 14.2 Å². The average molecular weight is 561 g/mol. The Kier molecular flexibility index (Phi) is 22.1. The van der Waals surface area contributed by atoms with Crippen LogP contribution in [0.1, 0.15) is 142 Å². The molecule has 0 aromatic rings. The first-order valence-electron chi connectivity index (χ1n) is 15.3. The molecule has 1 saturated heterocycles. The number of ether oxygens (including phenoxy) is 3. The molecule has 0 amide bonds. The van der Waals surface area contributed by atoms with Crippen molar-refractivity contribution in [3.05, 3.63) is 0 Å². The average Bonchev–Trinajstić information content (AvgIpc) is 2.89. The Morgan fingerprint density at radius 2 is 1.08 bits per heavy atom. The molecule has 0 saturated carbocycles. The van der Waals surface area contributed by atoms with Gasteiger partial charge in [-0.2, -0.15) is 0 Å². The molecule has 1 heterocycles. The third kappa shape index (κ3) is 17.1. The van der Waals surface area contributed by atoms with Gasteiger partial charge in [-0.3, -0.25) is 0 Å². The van der Waals surface area contributed by atoms with Gasteiger partial charge in [0.1, 0.15) is 12.2 Å². The van der Waals surface area contributed by atoms with Crippen LogP contribution in [0.15, 0.2) is 0 Å². The summed E-state index contributed by atoms with van der Waals surface area (Å²) < 4.78 is 17.7.